The number of hydrogen-bond acceptors (Lipinski definition) is 4. The van der Waals surface area contributed by atoms with E-state index in [-0.39, 0.29) is 56.3 Å². The molecule has 0 bridgehead atoms. The number of halogens is 4. The van der Waals surface area contributed by atoms with Crippen LogP contribution in [-0.4, -0.2) is 92.1 Å². The summed E-state index contributed by atoms with van der Waals surface area (Å²) in [5.41, 5.74) is 0.000224. The molecule has 0 aromatic heterocycles. The summed E-state index contributed by atoms with van der Waals surface area (Å²) in [6.07, 6.45) is -3.44. The highest BCUT2D eigenvalue weighted by Gasteiger charge is 2.41. The molecule has 2 aromatic rings. The van der Waals surface area contributed by atoms with Crippen LogP contribution in [0.2, 0.25) is 0 Å². The van der Waals surface area contributed by atoms with Gasteiger partial charge in [0.05, 0.1) is 11.8 Å². The van der Waals surface area contributed by atoms with Crippen molar-refractivity contribution in [3.63, 3.8) is 0 Å². The maximum atomic E-state index is 14.5. The molecule has 0 spiro atoms. The molecule has 2 aliphatic rings. The summed E-state index contributed by atoms with van der Waals surface area (Å²) in [6.45, 7) is 1.62. The lowest BCUT2D eigenvalue weighted by Gasteiger charge is -2.35. The fourth-order valence-electron chi connectivity index (χ4n) is 5.09. The van der Waals surface area contributed by atoms with Crippen molar-refractivity contribution in [1.29, 1.82) is 0 Å². The van der Waals surface area contributed by atoms with Gasteiger partial charge < -0.3 is 9.80 Å². The third-order valence-electron chi connectivity index (χ3n) is 7.12. The van der Waals surface area contributed by atoms with Crippen LogP contribution in [0.1, 0.15) is 22.6 Å². The van der Waals surface area contributed by atoms with E-state index in [4.69, 9.17) is 0 Å². The molecule has 0 N–H and O–H groups in total. The second-order valence-corrected chi connectivity index (χ2v) is 11.6. The number of alkyl halides is 3. The summed E-state index contributed by atoms with van der Waals surface area (Å²) in [7, 11) is -1.61. The topological polar surface area (TPSA) is 64.2 Å². The molecular formula is C25H30F4N4O3S. The summed E-state index contributed by atoms with van der Waals surface area (Å²) in [5, 5.41) is 0. The number of likely N-dealkylation sites (tertiary alicyclic amines) is 1. The van der Waals surface area contributed by atoms with Gasteiger partial charge in [0.25, 0.3) is 0 Å². The van der Waals surface area contributed by atoms with E-state index in [1.165, 1.54) is 4.31 Å². The number of carbonyl (C=O) groups excluding carboxylic acids is 1. The average molecular weight is 543 g/mol. The lowest BCUT2D eigenvalue weighted by atomic mass is 9.93. The Morgan fingerprint density at radius 1 is 1.00 bits per heavy atom. The lowest BCUT2D eigenvalue weighted by molar-refractivity contribution is -0.137. The van der Waals surface area contributed by atoms with Crippen LogP contribution in [0.25, 0.3) is 0 Å². The van der Waals surface area contributed by atoms with Crippen molar-refractivity contribution >= 4 is 16.1 Å². The van der Waals surface area contributed by atoms with Crippen molar-refractivity contribution in [3.8, 4) is 0 Å². The van der Waals surface area contributed by atoms with Crippen LogP contribution in [0.3, 0.4) is 0 Å². The number of likely N-dealkylation sites (N-methyl/N-ethyl adjacent to an activating group) is 1. The summed E-state index contributed by atoms with van der Waals surface area (Å²) >= 11 is 0. The Morgan fingerprint density at radius 2 is 1.65 bits per heavy atom. The molecule has 0 radical (unpaired) electrons. The van der Waals surface area contributed by atoms with Crippen LogP contribution in [0.5, 0.6) is 0 Å². The highest BCUT2D eigenvalue weighted by atomic mass is 32.2. The van der Waals surface area contributed by atoms with Crippen molar-refractivity contribution in [2.45, 2.75) is 24.7 Å². The zero-order chi connectivity index (χ0) is 27.0. The van der Waals surface area contributed by atoms with E-state index in [1.807, 2.05) is 30.3 Å². The minimum atomic E-state index is -4.58. The van der Waals surface area contributed by atoms with E-state index in [0.29, 0.717) is 13.1 Å². The Kier molecular flexibility index (Phi) is 7.82. The highest BCUT2D eigenvalue weighted by Crippen LogP contribution is 2.34. The number of rotatable bonds is 5. The third-order valence-corrected chi connectivity index (χ3v) is 8.43. The monoisotopic (exact) mass is 542 g/mol. The number of benzene rings is 2. The number of hydrogen-bond donors (Lipinski definition) is 0. The summed E-state index contributed by atoms with van der Waals surface area (Å²) in [4.78, 5) is 18.5. The lowest BCUT2D eigenvalue weighted by Crippen LogP contribution is -2.53. The van der Waals surface area contributed by atoms with Crippen LogP contribution in [0.15, 0.2) is 48.5 Å². The first-order chi connectivity index (χ1) is 17.3. The SMILES string of the molecule is CN(Cc1cc(C(F)(F)F)ccc1F)C1CN(C(=O)N2CCN(S(C)(=O)=O)CC2)CC1c1ccccc1. The van der Waals surface area contributed by atoms with E-state index in [2.05, 4.69) is 0 Å². The molecule has 12 heteroatoms. The van der Waals surface area contributed by atoms with E-state index in [9.17, 15) is 30.8 Å². The number of sulfonamides is 1. The molecule has 202 valence electrons. The molecule has 2 saturated heterocycles. The van der Waals surface area contributed by atoms with Crippen molar-refractivity contribution in [2.75, 3.05) is 52.6 Å². The van der Waals surface area contributed by atoms with Crippen molar-refractivity contribution in [2.24, 2.45) is 0 Å². The molecule has 2 unspecified atom stereocenters. The Morgan fingerprint density at radius 3 is 2.24 bits per heavy atom. The predicted octanol–water partition coefficient (Wildman–Crippen LogP) is 3.44. The van der Waals surface area contributed by atoms with Gasteiger partial charge >= 0.3 is 12.2 Å². The van der Waals surface area contributed by atoms with Gasteiger partial charge in [-0.05, 0) is 30.8 Å². The van der Waals surface area contributed by atoms with Gasteiger partial charge in [0.2, 0.25) is 10.0 Å². The Balaban J connectivity index is 1.52. The molecule has 2 aromatic carbocycles. The quantitative estimate of drug-likeness (QED) is 0.544. The van der Waals surface area contributed by atoms with Crippen molar-refractivity contribution < 1.29 is 30.8 Å². The fourth-order valence-corrected chi connectivity index (χ4v) is 5.91. The van der Waals surface area contributed by atoms with Crippen LogP contribution in [0, 0.1) is 5.82 Å². The standard InChI is InChI=1S/C25H30F4N4O3S/c1-30(15-19-14-20(25(27,28)29)8-9-22(19)26)23-17-32(16-21(23)18-6-4-3-5-7-18)24(34)31-10-12-33(13-11-31)37(2,35)36/h3-9,14,21,23H,10-13,15-17H2,1-2H3. The first-order valence-electron chi connectivity index (χ1n) is 11.9. The number of amides is 2. The van der Waals surface area contributed by atoms with Gasteiger partial charge in [0, 0.05) is 63.3 Å². The highest BCUT2D eigenvalue weighted by molar-refractivity contribution is 7.88. The zero-order valence-corrected chi connectivity index (χ0v) is 21.5. The normalized spacial score (nSPS) is 21.6. The smallest absolute Gasteiger partial charge is 0.322 e. The third kappa shape index (κ3) is 6.24. The molecule has 2 fully saturated rings. The molecule has 7 nitrogen and oxygen atoms in total. The molecule has 2 heterocycles. The molecule has 37 heavy (non-hydrogen) atoms. The minimum Gasteiger partial charge on any atom is -0.322 e. The Labute approximate surface area is 214 Å². The van der Waals surface area contributed by atoms with Gasteiger partial charge in [0.1, 0.15) is 5.82 Å². The number of nitrogens with zero attached hydrogens (tertiary/aromatic N) is 4. The van der Waals surface area contributed by atoms with Crippen molar-refractivity contribution in [1.82, 2.24) is 19.0 Å². The van der Waals surface area contributed by atoms with Crippen LogP contribution < -0.4 is 0 Å². The minimum absolute atomic E-state index is 0.0567. The van der Waals surface area contributed by atoms with Gasteiger partial charge in [0.15, 0.2) is 0 Å². The van der Waals surface area contributed by atoms with Gasteiger partial charge in [-0.25, -0.2) is 17.6 Å². The summed E-state index contributed by atoms with van der Waals surface area (Å²) < 4.78 is 79.0. The Bertz CT molecular complexity index is 1220. The van der Waals surface area contributed by atoms with Crippen LogP contribution >= 0.6 is 0 Å². The first-order valence-corrected chi connectivity index (χ1v) is 13.8. The van der Waals surface area contributed by atoms with Crippen molar-refractivity contribution in [3.05, 3.63) is 71.0 Å². The second-order valence-electron chi connectivity index (χ2n) is 9.64. The van der Waals surface area contributed by atoms with E-state index >= 15 is 0 Å². The van der Waals surface area contributed by atoms with E-state index < -0.39 is 27.6 Å². The van der Waals surface area contributed by atoms with Gasteiger partial charge in [-0.1, -0.05) is 30.3 Å². The molecule has 0 saturated carbocycles. The molecule has 2 amide bonds. The largest absolute Gasteiger partial charge is 0.416 e. The molecule has 2 atom stereocenters. The van der Waals surface area contributed by atoms with Crippen LogP contribution in [0.4, 0.5) is 22.4 Å². The molecule has 2 aliphatic heterocycles. The number of piperazine rings is 1. The average Bonchev–Trinajstić information content (AvgIpc) is 3.30. The maximum absolute atomic E-state index is 14.5. The summed E-state index contributed by atoms with van der Waals surface area (Å²) in [6, 6.07) is 11.4. The second kappa shape index (κ2) is 10.6. The van der Waals surface area contributed by atoms with E-state index in [0.717, 1.165) is 30.0 Å². The Hall–Kier alpha value is -2.70. The van der Waals surface area contributed by atoms with Crippen LogP contribution in [-0.2, 0) is 22.7 Å². The van der Waals surface area contributed by atoms with Gasteiger partial charge in [-0.3, -0.25) is 4.90 Å². The molecule has 0 aliphatic carbocycles. The number of carbonyl (C=O) groups is 1. The first kappa shape index (κ1) is 27.3. The summed E-state index contributed by atoms with van der Waals surface area (Å²) in [5.74, 6) is -0.855. The van der Waals surface area contributed by atoms with Gasteiger partial charge in [-0.15, -0.1) is 0 Å². The fraction of sp³-hybridized carbons (Fsp3) is 0.480. The predicted molar refractivity (Wildman–Crippen MR) is 131 cm³/mol. The number of urea groups is 1. The maximum Gasteiger partial charge on any atom is 0.416 e. The molecule has 4 rings (SSSR count). The molecular weight excluding hydrogens is 512 g/mol. The van der Waals surface area contributed by atoms with Gasteiger partial charge in [-0.2, -0.15) is 17.5 Å². The van der Waals surface area contributed by atoms with E-state index in [1.54, 1.807) is 21.7 Å². The zero-order valence-electron chi connectivity index (χ0n) is 20.7.